The van der Waals surface area contributed by atoms with Crippen molar-refractivity contribution >= 4 is 17.1 Å². The highest BCUT2D eigenvalue weighted by atomic mass is 15.4. The van der Waals surface area contributed by atoms with Gasteiger partial charge in [0.05, 0.1) is 11.4 Å². The summed E-state index contributed by atoms with van der Waals surface area (Å²) in [4.78, 5) is 2.48. The molecule has 0 spiro atoms. The van der Waals surface area contributed by atoms with Gasteiger partial charge in [0.25, 0.3) is 0 Å². The fourth-order valence-corrected chi connectivity index (χ4v) is 3.05. The largest absolute Gasteiger partial charge is 0.372 e. The molecule has 23 heavy (non-hydrogen) atoms. The van der Waals surface area contributed by atoms with E-state index in [1.54, 1.807) is 0 Å². The van der Waals surface area contributed by atoms with Gasteiger partial charge in [-0.15, -0.1) is 0 Å². The molecule has 1 fully saturated rings. The average Bonchev–Trinajstić information content (AvgIpc) is 2.63. The predicted octanol–water partition coefficient (Wildman–Crippen LogP) is 4.54. The van der Waals surface area contributed by atoms with Crippen molar-refractivity contribution in [1.29, 1.82) is 0 Å². The van der Waals surface area contributed by atoms with Crippen LogP contribution in [0.3, 0.4) is 0 Å². The van der Waals surface area contributed by atoms with E-state index in [1.807, 2.05) is 30.3 Å². The molecule has 1 saturated heterocycles. The Kier molecular flexibility index (Phi) is 4.96. The zero-order valence-corrected chi connectivity index (χ0v) is 14.1. The number of hydrogen-bond donors (Lipinski definition) is 0. The standard InChI is InChI=1S/C20H25N3/c1-17(21-22(2)19-9-5-3-6-10-19)18-11-13-20(14-12-18)23-15-7-4-8-16-23/h3,5-6,9-14H,4,7-8,15-16H2,1-2H3/b21-17+. The molecule has 0 N–H and O–H groups in total. The average molecular weight is 307 g/mol. The molecule has 2 aromatic carbocycles. The Morgan fingerprint density at radius 3 is 2.22 bits per heavy atom. The Bertz CT molecular complexity index is 640. The zero-order valence-electron chi connectivity index (χ0n) is 14.1. The molecule has 0 bridgehead atoms. The third kappa shape index (κ3) is 3.92. The fraction of sp³-hybridized carbons (Fsp3) is 0.350. The van der Waals surface area contributed by atoms with Gasteiger partial charge in [-0.25, -0.2) is 0 Å². The maximum Gasteiger partial charge on any atom is 0.0650 e. The molecule has 0 aliphatic carbocycles. The number of piperidine rings is 1. The van der Waals surface area contributed by atoms with Gasteiger partial charge in [0.15, 0.2) is 0 Å². The molecule has 1 aliphatic rings. The number of para-hydroxylation sites is 1. The molecule has 1 heterocycles. The molecule has 0 amide bonds. The smallest absolute Gasteiger partial charge is 0.0650 e. The fourth-order valence-electron chi connectivity index (χ4n) is 3.05. The lowest BCUT2D eigenvalue weighted by Gasteiger charge is -2.28. The minimum atomic E-state index is 1.03. The van der Waals surface area contributed by atoms with Crippen molar-refractivity contribution in [2.75, 3.05) is 30.0 Å². The van der Waals surface area contributed by atoms with Crippen LogP contribution in [0.2, 0.25) is 0 Å². The molecule has 3 heteroatoms. The topological polar surface area (TPSA) is 18.8 Å². The van der Waals surface area contributed by atoms with E-state index in [4.69, 9.17) is 5.10 Å². The van der Waals surface area contributed by atoms with Gasteiger partial charge in [0.2, 0.25) is 0 Å². The summed E-state index contributed by atoms with van der Waals surface area (Å²) in [6, 6.07) is 19.0. The van der Waals surface area contributed by atoms with Gasteiger partial charge in [-0.05, 0) is 56.0 Å². The van der Waals surface area contributed by atoms with E-state index in [0.29, 0.717) is 0 Å². The summed E-state index contributed by atoms with van der Waals surface area (Å²) in [5.41, 5.74) is 4.63. The van der Waals surface area contributed by atoms with E-state index in [-0.39, 0.29) is 0 Å². The minimum absolute atomic E-state index is 1.03. The Labute approximate surface area is 139 Å². The Hall–Kier alpha value is -2.29. The van der Waals surface area contributed by atoms with Crippen molar-refractivity contribution < 1.29 is 0 Å². The maximum absolute atomic E-state index is 4.70. The molecule has 1 aliphatic heterocycles. The van der Waals surface area contributed by atoms with Crippen LogP contribution < -0.4 is 9.91 Å². The van der Waals surface area contributed by atoms with Crippen LogP contribution in [0.5, 0.6) is 0 Å². The summed E-state index contributed by atoms with van der Waals surface area (Å²) < 4.78 is 0. The van der Waals surface area contributed by atoms with Crippen LogP contribution >= 0.6 is 0 Å². The van der Waals surface area contributed by atoms with Crippen LogP contribution in [-0.2, 0) is 0 Å². The van der Waals surface area contributed by atoms with Crippen molar-refractivity contribution in [3.05, 3.63) is 60.2 Å². The number of nitrogens with zero attached hydrogens (tertiary/aromatic N) is 3. The van der Waals surface area contributed by atoms with Crippen LogP contribution in [0, 0.1) is 0 Å². The van der Waals surface area contributed by atoms with E-state index >= 15 is 0 Å². The first kappa shape index (κ1) is 15.6. The summed E-state index contributed by atoms with van der Waals surface area (Å²) in [6.07, 6.45) is 3.99. The Morgan fingerprint density at radius 2 is 1.57 bits per heavy atom. The summed E-state index contributed by atoms with van der Waals surface area (Å²) in [6.45, 7) is 4.43. The first-order valence-corrected chi connectivity index (χ1v) is 8.43. The molecular weight excluding hydrogens is 282 g/mol. The van der Waals surface area contributed by atoms with Gasteiger partial charge in [0, 0.05) is 25.8 Å². The van der Waals surface area contributed by atoms with Crippen molar-refractivity contribution in [1.82, 2.24) is 0 Å². The predicted molar refractivity (Wildman–Crippen MR) is 99.6 cm³/mol. The highest BCUT2D eigenvalue weighted by Gasteiger charge is 2.11. The van der Waals surface area contributed by atoms with Gasteiger partial charge < -0.3 is 4.90 Å². The zero-order chi connectivity index (χ0) is 16.1. The lowest BCUT2D eigenvalue weighted by Crippen LogP contribution is -2.29. The van der Waals surface area contributed by atoms with Crippen LogP contribution in [0.25, 0.3) is 0 Å². The molecule has 120 valence electrons. The first-order valence-electron chi connectivity index (χ1n) is 8.43. The van der Waals surface area contributed by atoms with Crippen LogP contribution in [0.15, 0.2) is 59.7 Å². The SMILES string of the molecule is C/C(=N\N(C)c1ccccc1)c1ccc(N2CCCCC2)cc1. The van der Waals surface area contributed by atoms with Crippen molar-refractivity contribution in [2.45, 2.75) is 26.2 Å². The van der Waals surface area contributed by atoms with E-state index in [0.717, 1.165) is 11.4 Å². The number of hydrogen-bond acceptors (Lipinski definition) is 3. The van der Waals surface area contributed by atoms with Gasteiger partial charge in [-0.2, -0.15) is 5.10 Å². The van der Waals surface area contributed by atoms with E-state index in [1.165, 1.54) is 43.6 Å². The van der Waals surface area contributed by atoms with Crippen LogP contribution in [0.1, 0.15) is 31.7 Å². The maximum atomic E-state index is 4.70. The molecule has 0 aromatic heterocycles. The minimum Gasteiger partial charge on any atom is -0.372 e. The molecule has 0 radical (unpaired) electrons. The lowest BCUT2D eigenvalue weighted by molar-refractivity contribution is 0.578. The first-order chi connectivity index (χ1) is 11.2. The third-order valence-corrected chi connectivity index (χ3v) is 4.44. The van der Waals surface area contributed by atoms with Crippen LogP contribution in [-0.4, -0.2) is 25.8 Å². The van der Waals surface area contributed by atoms with Gasteiger partial charge >= 0.3 is 0 Å². The molecule has 0 saturated carbocycles. The van der Waals surface area contributed by atoms with E-state index < -0.39 is 0 Å². The van der Waals surface area contributed by atoms with Gasteiger partial charge in [0.1, 0.15) is 0 Å². The van der Waals surface area contributed by atoms with Gasteiger partial charge in [-0.3, -0.25) is 5.01 Å². The van der Waals surface area contributed by atoms with Crippen molar-refractivity contribution in [3.8, 4) is 0 Å². The number of benzene rings is 2. The third-order valence-electron chi connectivity index (χ3n) is 4.44. The lowest BCUT2D eigenvalue weighted by atomic mass is 10.1. The highest BCUT2D eigenvalue weighted by molar-refractivity contribution is 5.99. The van der Waals surface area contributed by atoms with Crippen LogP contribution in [0.4, 0.5) is 11.4 Å². The normalized spacial score (nSPS) is 15.6. The molecule has 0 atom stereocenters. The van der Waals surface area contributed by atoms with E-state index in [2.05, 4.69) is 48.2 Å². The monoisotopic (exact) mass is 307 g/mol. The summed E-state index contributed by atoms with van der Waals surface area (Å²) in [5, 5.41) is 6.62. The molecule has 2 aromatic rings. The van der Waals surface area contributed by atoms with E-state index in [9.17, 15) is 0 Å². The summed E-state index contributed by atoms with van der Waals surface area (Å²) in [7, 11) is 1.99. The number of hydrazone groups is 1. The van der Waals surface area contributed by atoms with Crippen molar-refractivity contribution in [2.24, 2.45) is 5.10 Å². The quantitative estimate of drug-likeness (QED) is 0.610. The van der Waals surface area contributed by atoms with Crippen molar-refractivity contribution in [3.63, 3.8) is 0 Å². The second-order valence-electron chi connectivity index (χ2n) is 6.14. The molecule has 0 unspecified atom stereocenters. The number of rotatable bonds is 4. The molecular formula is C20H25N3. The highest BCUT2D eigenvalue weighted by Crippen LogP contribution is 2.21. The molecule has 3 rings (SSSR count). The molecule has 3 nitrogen and oxygen atoms in total. The Balaban J connectivity index is 1.72. The Morgan fingerprint density at radius 1 is 0.913 bits per heavy atom. The van der Waals surface area contributed by atoms with Gasteiger partial charge in [-0.1, -0.05) is 30.3 Å². The second-order valence-corrected chi connectivity index (χ2v) is 6.14. The summed E-state index contributed by atoms with van der Waals surface area (Å²) >= 11 is 0. The second kappa shape index (κ2) is 7.32. The number of anilines is 2. The summed E-state index contributed by atoms with van der Waals surface area (Å²) in [5.74, 6) is 0.